The van der Waals surface area contributed by atoms with Crippen molar-refractivity contribution in [1.82, 2.24) is 5.32 Å². The molecule has 0 radical (unpaired) electrons. The number of hydrogen-bond donors (Lipinski definition) is 3. The van der Waals surface area contributed by atoms with E-state index in [1.54, 1.807) is 18.2 Å². The molecule has 1 heterocycles. The minimum atomic E-state index is -0.953. The third-order valence-corrected chi connectivity index (χ3v) is 3.22. The van der Waals surface area contributed by atoms with Crippen LogP contribution in [0.4, 0.5) is 5.69 Å². The number of benzene rings is 1. The number of amides is 1. The lowest BCUT2D eigenvalue weighted by Crippen LogP contribution is -2.32. The normalized spacial score (nSPS) is 21.5. The maximum atomic E-state index is 11.7. The fourth-order valence-electron chi connectivity index (χ4n) is 2.15. The zero-order valence-electron chi connectivity index (χ0n) is 11.5. The largest absolute Gasteiger partial charge is 0.479 e. The van der Waals surface area contributed by atoms with Gasteiger partial charge < -0.3 is 20.9 Å². The summed E-state index contributed by atoms with van der Waals surface area (Å²) in [5.74, 6) is -1.20. The summed E-state index contributed by atoms with van der Waals surface area (Å²) >= 11 is 0. The molecule has 0 bridgehead atoms. The molecule has 1 amide bonds. The van der Waals surface area contributed by atoms with Crippen molar-refractivity contribution in [2.24, 2.45) is 0 Å². The molecule has 2 unspecified atom stereocenters. The van der Waals surface area contributed by atoms with E-state index < -0.39 is 12.1 Å². The molecule has 0 spiro atoms. The number of anilines is 1. The number of hydrogen-bond acceptors (Lipinski definition) is 4. The first-order valence-electron chi connectivity index (χ1n) is 6.74. The summed E-state index contributed by atoms with van der Waals surface area (Å²) in [6.07, 6.45) is 3.20. The number of ether oxygens (including phenoxy) is 1. The summed E-state index contributed by atoms with van der Waals surface area (Å²) in [6.45, 7) is 0.309. The lowest BCUT2D eigenvalue weighted by molar-refractivity contribution is -0.149. The van der Waals surface area contributed by atoms with Gasteiger partial charge in [-0.25, -0.2) is 4.79 Å². The topological polar surface area (TPSA) is 102 Å². The molecular formula is C15H18N2O4. The fraction of sp³-hybridized carbons (Fsp3) is 0.333. The number of carbonyl (C=O) groups excluding carboxylic acids is 1. The minimum absolute atomic E-state index is 0.240. The van der Waals surface area contributed by atoms with E-state index in [1.165, 1.54) is 6.08 Å². The van der Waals surface area contributed by atoms with Gasteiger partial charge in [0.05, 0.1) is 6.10 Å². The van der Waals surface area contributed by atoms with Crippen LogP contribution in [0.15, 0.2) is 30.3 Å². The summed E-state index contributed by atoms with van der Waals surface area (Å²) in [6, 6.07) is 7.19. The minimum Gasteiger partial charge on any atom is -0.479 e. The van der Waals surface area contributed by atoms with Crippen molar-refractivity contribution < 1.29 is 19.4 Å². The lowest BCUT2D eigenvalue weighted by Gasteiger charge is -2.11. The van der Waals surface area contributed by atoms with Crippen molar-refractivity contribution >= 4 is 23.6 Å². The second kappa shape index (κ2) is 6.90. The van der Waals surface area contributed by atoms with E-state index in [0.717, 1.165) is 5.56 Å². The summed E-state index contributed by atoms with van der Waals surface area (Å²) < 4.78 is 5.30. The number of carboxylic acid groups (broad SMARTS) is 1. The SMILES string of the molecule is Nc1cccc(/C=C/C(=O)NCC2CCC(C(=O)O)O2)c1. The van der Waals surface area contributed by atoms with Crippen LogP contribution in [0, 0.1) is 0 Å². The van der Waals surface area contributed by atoms with Crippen molar-refractivity contribution in [3.63, 3.8) is 0 Å². The van der Waals surface area contributed by atoms with E-state index in [1.807, 2.05) is 12.1 Å². The first-order chi connectivity index (χ1) is 10.0. The van der Waals surface area contributed by atoms with Crippen LogP contribution in [0.3, 0.4) is 0 Å². The predicted octanol–water partition coefficient (Wildman–Crippen LogP) is 1.03. The Balaban J connectivity index is 1.76. The highest BCUT2D eigenvalue weighted by molar-refractivity contribution is 5.91. The Morgan fingerprint density at radius 1 is 1.43 bits per heavy atom. The van der Waals surface area contributed by atoms with Gasteiger partial charge in [0.25, 0.3) is 0 Å². The van der Waals surface area contributed by atoms with Crippen molar-refractivity contribution in [2.45, 2.75) is 25.0 Å². The third-order valence-electron chi connectivity index (χ3n) is 3.22. The van der Waals surface area contributed by atoms with Gasteiger partial charge in [0, 0.05) is 18.3 Å². The van der Waals surface area contributed by atoms with Crippen LogP contribution in [-0.2, 0) is 14.3 Å². The predicted molar refractivity (Wildman–Crippen MR) is 78.4 cm³/mol. The Labute approximate surface area is 122 Å². The maximum absolute atomic E-state index is 11.7. The van der Waals surface area contributed by atoms with E-state index in [4.69, 9.17) is 15.6 Å². The molecule has 0 aromatic heterocycles. The Bertz CT molecular complexity index is 556. The second-order valence-electron chi connectivity index (χ2n) is 4.91. The molecule has 0 aliphatic carbocycles. The molecule has 1 aromatic rings. The van der Waals surface area contributed by atoms with Crippen molar-refractivity contribution in [3.8, 4) is 0 Å². The zero-order valence-corrected chi connectivity index (χ0v) is 11.5. The summed E-state index contributed by atoms with van der Waals surface area (Å²) in [7, 11) is 0. The van der Waals surface area contributed by atoms with Gasteiger partial charge in [-0.2, -0.15) is 0 Å². The van der Waals surface area contributed by atoms with Crippen LogP contribution in [-0.4, -0.2) is 35.7 Å². The average Bonchev–Trinajstić information content (AvgIpc) is 2.92. The first kappa shape index (κ1) is 15.1. The van der Waals surface area contributed by atoms with E-state index >= 15 is 0 Å². The summed E-state index contributed by atoms with van der Waals surface area (Å²) in [4.78, 5) is 22.4. The molecule has 1 aliphatic rings. The number of carbonyl (C=O) groups is 2. The molecule has 2 rings (SSSR count). The zero-order chi connectivity index (χ0) is 15.2. The number of nitrogens with one attached hydrogen (secondary N) is 1. The van der Waals surface area contributed by atoms with E-state index in [0.29, 0.717) is 25.1 Å². The quantitative estimate of drug-likeness (QED) is 0.555. The molecular weight excluding hydrogens is 272 g/mol. The monoisotopic (exact) mass is 290 g/mol. The fourth-order valence-corrected chi connectivity index (χ4v) is 2.15. The number of carboxylic acids is 1. The van der Waals surface area contributed by atoms with Gasteiger partial charge in [-0.05, 0) is 36.6 Å². The average molecular weight is 290 g/mol. The molecule has 2 atom stereocenters. The summed E-state index contributed by atoms with van der Waals surface area (Å²) in [5, 5.41) is 11.5. The van der Waals surface area contributed by atoms with Gasteiger partial charge in [0.1, 0.15) is 0 Å². The Morgan fingerprint density at radius 3 is 2.90 bits per heavy atom. The van der Waals surface area contributed by atoms with Gasteiger partial charge in [0.15, 0.2) is 6.10 Å². The molecule has 0 saturated carbocycles. The molecule has 1 aliphatic heterocycles. The standard InChI is InChI=1S/C15H18N2O4/c16-11-3-1-2-10(8-11)4-7-14(18)17-9-12-5-6-13(21-12)15(19)20/h1-4,7-8,12-13H,5-6,9,16H2,(H,17,18)(H,19,20)/b7-4+. The maximum Gasteiger partial charge on any atom is 0.332 e. The number of nitrogen functional groups attached to an aromatic ring is 1. The van der Waals surface area contributed by atoms with Crippen molar-refractivity contribution in [2.75, 3.05) is 12.3 Å². The van der Waals surface area contributed by atoms with Crippen LogP contribution in [0.5, 0.6) is 0 Å². The molecule has 1 fully saturated rings. The van der Waals surface area contributed by atoms with Gasteiger partial charge in [-0.3, -0.25) is 4.79 Å². The number of rotatable bonds is 5. The molecule has 4 N–H and O–H groups in total. The van der Waals surface area contributed by atoms with Crippen LogP contribution in [0.1, 0.15) is 18.4 Å². The number of nitrogens with two attached hydrogens (primary N) is 1. The molecule has 6 heteroatoms. The van der Waals surface area contributed by atoms with Crippen LogP contribution >= 0.6 is 0 Å². The molecule has 6 nitrogen and oxygen atoms in total. The molecule has 1 saturated heterocycles. The summed E-state index contributed by atoms with van der Waals surface area (Å²) in [5.41, 5.74) is 7.12. The van der Waals surface area contributed by atoms with Crippen LogP contribution < -0.4 is 11.1 Å². The van der Waals surface area contributed by atoms with Crippen LogP contribution in [0.2, 0.25) is 0 Å². The van der Waals surface area contributed by atoms with Gasteiger partial charge >= 0.3 is 5.97 Å². The van der Waals surface area contributed by atoms with Gasteiger partial charge in [-0.1, -0.05) is 12.1 Å². The van der Waals surface area contributed by atoms with Crippen molar-refractivity contribution in [3.05, 3.63) is 35.9 Å². The smallest absolute Gasteiger partial charge is 0.332 e. The van der Waals surface area contributed by atoms with Crippen LogP contribution in [0.25, 0.3) is 6.08 Å². The van der Waals surface area contributed by atoms with E-state index in [2.05, 4.69) is 5.32 Å². The highest BCUT2D eigenvalue weighted by atomic mass is 16.5. The molecule has 21 heavy (non-hydrogen) atoms. The highest BCUT2D eigenvalue weighted by Crippen LogP contribution is 2.19. The Morgan fingerprint density at radius 2 is 2.24 bits per heavy atom. The second-order valence-corrected chi connectivity index (χ2v) is 4.91. The third kappa shape index (κ3) is 4.61. The van der Waals surface area contributed by atoms with E-state index in [-0.39, 0.29) is 12.0 Å². The van der Waals surface area contributed by atoms with Crippen molar-refractivity contribution in [1.29, 1.82) is 0 Å². The molecule has 1 aromatic carbocycles. The number of aliphatic carboxylic acids is 1. The first-order valence-corrected chi connectivity index (χ1v) is 6.74. The van der Waals surface area contributed by atoms with E-state index in [9.17, 15) is 9.59 Å². The molecule has 112 valence electrons. The Kier molecular flexibility index (Phi) is 4.94. The van der Waals surface area contributed by atoms with Gasteiger partial charge in [0.2, 0.25) is 5.91 Å². The highest BCUT2D eigenvalue weighted by Gasteiger charge is 2.30. The Hall–Kier alpha value is -2.34. The van der Waals surface area contributed by atoms with Gasteiger partial charge in [-0.15, -0.1) is 0 Å². The lowest BCUT2D eigenvalue weighted by atomic mass is 10.2.